The van der Waals surface area contributed by atoms with Crippen molar-refractivity contribution in [2.75, 3.05) is 6.54 Å². The van der Waals surface area contributed by atoms with Gasteiger partial charge in [-0.25, -0.2) is 0 Å². The van der Waals surface area contributed by atoms with Crippen LogP contribution in [0.2, 0.25) is 0 Å². The van der Waals surface area contributed by atoms with Crippen LogP contribution in [-0.2, 0) is 6.54 Å². The van der Waals surface area contributed by atoms with Gasteiger partial charge in [0.15, 0.2) is 0 Å². The highest BCUT2D eigenvalue weighted by Crippen LogP contribution is 2.29. The molecule has 1 aromatic carbocycles. The SMILES string of the molecule is CC(C)C1CC(C#N)CN1Cc1ccccc1. The van der Waals surface area contributed by atoms with Gasteiger partial charge in [0.05, 0.1) is 12.0 Å². The van der Waals surface area contributed by atoms with Crippen molar-refractivity contribution in [1.82, 2.24) is 4.90 Å². The predicted octanol–water partition coefficient (Wildman–Crippen LogP) is 3.06. The molecule has 0 N–H and O–H groups in total. The number of likely N-dealkylation sites (tertiary alicyclic amines) is 1. The Labute approximate surface area is 104 Å². The van der Waals surface area contributed by atoms with Crippen molar-refractivity contribution < 1.29 is 0 Å². The molecule has 2 rings (SSSR count). The largest absolute Gasteiger partial charge is 0.295 e. The minimum absolute atomic E-state index is 0.214. The third-order valence-corrected chi connectivity index (χ3v) is 3.63. The standard InChI is InChI=1S/C15H20N2/c1-12(2)15-8-14(9-16)11-17(15)10-13-6-4-3-5-7-13/h3-7,12,14-15H,8,10-11H2,1-2H3. The van der Waals surface area contributed by atoms with Crippen LogP contribution in [0.1, 0.15) is 25.8 Å². The number of nitriles is 1. The van der Waals surface area contributed by atoms with E-state index < -0.39 is 0 Å². The van der Waals surface area contributed by atoms with E-state index in [1.54, 1.807) is 0 Å². The first-order chi connectivity index (χ1) is 8.20. The van der Waals surface area contributed by atoms with E-state index in [1.807, 2.05) is 6.07 Å². The minimum atomic E-state index is 0.214. The van der Waals surface area contributed by atoms with Crippen molar-refractivity contribution in [2.45, 2.75) is 32.9 Å². The summed E-state index contributed by atoms with van der Waals surface area (Å²) in [7, 11) is 0. The van der Waals surface area contributed by atoms with Crippen LogP contribution in [0.5, 0.6) is 0 Å². The molecule has 2 atom stereocenters. The first kappa shape index (κ1) is 12.1. The van der Waals surface area contributed by atoms with Gasteiger partial charge in [0.2, 0.25) is 0 Å². The summed E-state index contributed by atoms with van der Waals surface area (Å²) in [4.78, 5) is 2.47. The first-order valence-electron chi connectivity index (χ1n) is 6.38. The lowest BCUT2D eigenvalue weighted by Gasteiger charge is -2.27. The van der Waals surface area contributed by atoms with Crippen LogP contribution in [-0.4, -0.2) is 17.5 Å². The van der Waals surface area contributed by atoms with Gasteiger partial charge in [-0.1, -0.05) is 44.2 Å². The fourth-order valence-corrected chi connectivity index (χ4v) is 2.72. The molecule has 1 saturated heterocycles. The predicted molar refractivity (Wildman–Crippen MR) is 69.2 cm³/mol. The van der Waals surface area contributed by atoms with E-state index in [4.69, 9.17) is 5.26 Å². The second-order valence-electron chi connectivity index (χ2n) is 5.29. The molecule has 17 heavy (non-hydrogen) atoms. The van der Waals surface area contributed by atoms with E-state index in [1.165, 1.54) is 5.56 Å². The lowest BCUT2D eigenvalue weighted by Crippen LogP contribution is -2.32. The molecule has 0 spiro atoms. The van der Waals surface area contributed by atoms with Gasteiger partial charge < -0.3 is 0 Å². The van der Waals surface area contributed by atoms with Crippen LogP contribution in [0.25, 0.3) is 0 Å². The molecule has 1 fully saturated rings. The average molecular weight is 228 g/mol. The fraction of sp³-hybridized carbons (Fsp3) is 0.533. The Balaban J connectivity index is 2.06. The smallest absolute Gasteiger partial charge is 0.0669 e. The van der Waals surface area contributed by atoms with Gasteiger partial charge in [-0.05, 0) is 17.9 Å². The Hall–Kier alpha value is -1.33. The van der Waals surface area contributed by atoms with Crippen LogP contribution in [0.4, 0.5) is 0 Å². The zero-order valence-electron chi connectivity index (χ0n) is 10.6. The third kappa shape index (κ3) is 2.87. The molecular weight excluding hydrogens is 208 g/mol. The monoisotopic (exact) mass is 228 g/mol. The molecule has 90 valence electrons. The number of benzene rings is 1. The molecule has 1 aliphatic rings. The van der Waals surface area contributed by atoms with Gasteiger partial charge in [0.1, 0.15) is 0 Å². The van der Waals surface area contributed by atoms with E-state index in [0.29, 0.717) is 12.0 Å². The summed E-state index contributed by atoms with van der Waals surface area (Å²) in [5.41, 5.74) is 1.34. The Morgan fingerprint density at radius 3 is 2.65 bits per heavy atom. The van der Waals surface area contributed by atoms with E-state index in [9.17, 15) is 0 Å². The molecule has 1 aliphatic heterocycles. The van der Waals surface area contributed by atoms with Gasteiger partial charge >= 0.3 is 0 Å². The Kier molecular flexibility index (Phi) is 3.81. The van der Waals surface area contributed by atoms with Gasteiger partial charge in [-0.3, -0.25) is 4.90 Å². The molecule has 0 radical (unpaired) electrons. The van der Waals surface area contributed by atoms with Crippen molar-refractivity contribution in [3.05, 3.63) is 35.9 Å². The van der Waals surface area contributed by atoms with Gasteiger partial charge in [-0.2, -0.15) is 5.26 Å². The Morgan fingerprint density at radius 1 is 1.35 bits per heavy atom. The van der Waals surface area contributed by atoms with E-state index >= 15 is 0 Å². The summed E-state index contributed by atoms with van der Waals surface area (Å²) in [6.45, 7) is 6.40. The molecule has 0 bridgehead atoms. The Morgan fingerprint density at radius 2 is 2.06 bits per heavy atom. The third-order valence-electron chi connectivity index (χ3n) is 3.63. The molecule has 0 amide bonds. The molecule has 0 aromatic heterocycles. The van der Waals surface area contributed by atoms with Gasteiger partial charge in [0.25, 0.3) is 0 Å². The van der Waals surface area contributed by atoms with Crippen LogP contribution in [0, 0.1) is 23.2 Å². The average Bonchev–Trinajstić information content (AvgIpc) is 2.74. The minimum Gasteiger partial charge on any atom is -0.295 e. The first-order valence-corrected chi connectivity index (χ1v) is 6.38. The van der Waals surface area contributed by atoms with Gasteiger partial charge in [0, 0.05) is 19.1 Å². The molecule has 2 unspecified atom stereocenters. The normalized spacial score (nSPS) is 25.1. The van der Waals surface area contributed by atoms with Crippen LogP contribution in [0.3, 0.4) is 0 Å². The van der Waals surface area contributed by atoms with Crippen LogP contribution >= 0.6 is 0 Å². The lowest BCUT2D eigenvalue weighted by atomic mass is 9.98. The van der Waals surface area contributed by atoms with E-state index in [2.05, 4.69) is 49.1 Å². The summed E-state index contributed by atoms with van der Waals surface area (Å²) in [6, 6.07) is 13.5. The maximum absolute atomic E-state index is 9.07. The van der Waals surface area contributed by atoms with Crippen LogP contribution in [0.15, 0.2) is 30.3 Å². The quantitative estimate of drug-likeness (QED) is 0.795. The summed E-state index contributed by atoms with van der Waals surface area (Å²) in [5.74, 6) is 0.836. The summed E-state index contributed by atoms with van der Waals surface area (Å²) in [5, 5.41) is 9.07. The van der Waals surface area contributed by atoms with Crippen molar-refractivity contribution in [2.24, 2.45) is 11.8 Å². The van der Waals surface area contributed by atoms with Crippen molar-refractivity contribution in [1.29, 1.82) is 5.26 Å². The number of nitrogens with zero attached hydrogens (tertiary/aromatic N) is 2. The Bertz CT molecular complexity index is 391. The molecular formula is C15H20N2. The topological polar surface area (TPSA) is 27.0 Å². The highest BCUT2D eigenvalue weighted by molar-refractivity contribution is 5.15. The highest BCUT2D eigenvalue weighted by atomic mass is 15.2. The zero-order valence-corrected chi connectivity index (χ0v) is 10.6. The summed E-state index contributed by atoms with van der Waals surface area (Å²) in [6.07, 6.45) is 1.03. The number of hydrogen-bond donors (Lipinski definition) is 0. The van der Waals surface area contributed by atoms with Crippen molar-refractivity contribution in [3.8, 4) is 6.07 Å². The van der Waals surface area contributed by atoms with Gasteiger partial charge in [-0.15, -0.1) is 0 Å². The molecule has 0 aliphatic carbocycles. The highest BCUT2D eigenvalue weighted by Gasteiger charge is 2.33. The van der Waals surface area contributed by atoms with E-state index in [-0.39, 0.29) is 5.92 Å². The molecule has 1 heterocycles. The molecule has 2 nitrogen and oxygen atoms in total. The van der Waals surface area contributed by atoms with Crippen molar-refractivity contribution in [3.63, 3.8) is 0 Å². The van der Waals surface area contributed by atoms with E-state index in [0.717, 1.165) is 19.5 Å². The second-order valence-corrected chi connectivity index (χ2v) is 5.29. The fourth-order valence-electron chi connectivity index (χ4n) is 2.72. The summed E-state index contributed by atoms with van der Waals surface area (Å²) >= 11 is 0. The lowest BCUT2D eigenvalue weighted by molar-refractivity contribution is 0.198. The molecule has 0 saturated carbocycles. The molecule has 1 aromatic rings. The maximum atomic E-state index is 9.07. The maximum Gasteiger partial charge on any atom is 0.0669 e. The van der Waals surface area contributed by atoms with Crippen molar-refractivity contribution >= 4 is 0 Å². The number of hydrogen-bond acceptors (Lipinski definition) is 2. The van der Waals surface area contributed by atoms with Crippen LogP contribution < -0.4 is 0 Å². The zero-order chi connectivity index (χ0) is 12.3. The summed E-state index contributed by atoms with van der Waals surface area (Å²) < 4.78 is 0. The number of rotatable bonds is 3. The molecule has 2 heteroatoms. The second kappa shape index (κ2) is 5.33.